The van der Waals surface area contributed by atoms with Crippen molar-refractivity contribution in [3.8, 4) is 5.75 Å². The molecule has 2 saturated heterocycles. The molecule has 3 heterocycles. The Balaban J connectivity index is 0.00000205. The van der Waals surface area contributed by atoms with Crippen molar-refractivity contribution in [3.63, 3.8) is 0 Å². The fourth-order valence-corrected chi connectivity index (χ4v) is 4.96. The molecule has 1 atom stereocenters. The number of benzene rings is 2. The lowest BCUT2D eigenvalue weighted by molar-refractivity contribution is -0.125. The zero-order chi connectivity index (χ0) is 19.1. The number of fused-ring (bicyclic) bond motifs is 1. The van der Waals surface area contributed by atoms with Crippen molar-refractivity contribution in [1.82, 2.24) is 10.2 Å². The highest BCUT2D eigenvalue weighted by Crippen LogP contribution is 2.41. The summed E-state index contributed by atoms with van der Waals surface area (Å²) in [5.41, 5.74) is 1.51. The SMILES string of the molecule is Cl.O=C1NCN(c2ccccc2)C12CCN(C1CCOc3ccc(F)cc31)CC2. The number of anilines is 1. The van der Waals surface area contributed by atoms with Crippen LogP contribution in [0.15, 0.2) is 48.5 Å². The number of carbonyl (C=O) groups is 1. The predicted molar refractivity (Wildman–Crippen MR) is 112 cm³/mol. The molecule has 1 unspecified atom stereocenters. The molecule has 0 radical (unpaired) electrons. The first-order chi connectivity index (χ1) is 13.7. The van der Waals surface area contributed by atoms with Crippen molar-refractivity contribution < 1.29 is 13.9 Å². The van der Waals surface area contributed by atoms with Gasteiger partial charge in [0.05, 0.1) is 13.3 Å². The molecule has 5 rings (SSSR count). The third-order valence-electron chi connectivity index (χ3n) is 6.45. The average Bonchev–Trinajstić information content (AvgIpc) is 3.04. The first-order valence-corrected chi connectivity index (χ1v) is 9.95. The number of ether oxygens (including phenoxy) is 1. The number of rotatable bonds is 2. The van der Waals surface area contributed by atoms with Crippen LogP contribution in [-0.4, -0.2) is 42.7 Å². The van der Waals surface area contributed by atoms with Crippen LogP contribution in [-0.2, 0) is 4.79 Å². The Bertz CT molecular complexity index is 887. The molecule has 154 valence electrons. The van der Waals surface area contributed by atoms with Crippen molar-refractivity contribution in [2.24, 2.45) is 0 Å². The number of amides is 1. The zero-order valence-corrected chi connectivity index (χ0v) is 17.0. The minimum Gasteiger partial charge on any atom is -0.493 e. The van der Waals surface area contributed by atoms with Crippen LogP contribution in [0.3, 0.4) is 0 Å². The molecular formula is C22H25ClFN3O2. The summed E-state index contributed by atoms with van der Waals surface area (Å²) >= 11 is 0. The van der Waals surface area contributed by atoms with Crippen LogP contribution < -0.4 is 15.0 Å². The van der Waals surface area contributed by atoms with Crippen LogP contribution in [0, 0.1) is 5.82 Å². The standard InChI is InChI=1S/C22H24FN3O2.ClH/c23-16-6-7-20-18(14-16)19(8-13-28-20)25-11-9-22(10-12-25)21(27)24-15-26(22)17-4-2-1-3-5-17;/h1-7,14,19H,8-13,15H2,(H,24,27);1H. The number of hydrogen-bond donors (Lipinski definition) is 1. The summed E-state index contributed by atoms with van der Waals surface area (Å²) in [5.74, 6) is 0.671. The molecule has 3 aliphatic rings. The topological polar surface area (TPSA) is 44.8 Å². The normalized spacial score (nSPS) is 23.1. The number of nitrogens with one attached hydrogen (secondary N) is 1. The molecule has 2 aromatic rings. The second-order valence-corrected chi connectivity index (χ2v) is 7.83. The fourth-order valence-electron chi connectivity index (χ4n) is 4.96. The molecule has 3 aliphatic heterocycles. The van der Waals surface area contributed by atoms with Crippen LogP contribution in [0.2, 0.25) is 0 Å². The Hall–Kier alpha value is -2.31. The predicted octanol–water partition coefficient (Wildman–Crippen LogP) is 3.50. The largest absolute Gasteiger partial charge is 0.493 e. The summed E-state index contributed by atoms with van der Waals surface area (Å²) in [6.07, 6.45) is 2.36. The second-order valence-electron chi connectivity index (χ2n) is 7.83. The van der Waals surface area contributed by atoms with E-state index in [2.05, 4.69) is 27.2 Å². The third-order valence-corrected chi connectivity index (χ3v) is 6.45. The molecule has 2 aromatic carbocycles. The first kappa shape index (κ1) is 20.0. The van der Waals surface area contributed by atoms with Gasteiger partial charge in [-0.15, -0.1) is 12.4 Å². The van der Waals surface area contributed by atoms with Gasteiger partial charge in [0.1, 0.15) is 17.1 Å². The van der Waals surface area contributed by atoms with Crippen LogP contribution in [0.25, 0.3) is 0 Å². The van der Waals surface area contributed by atoms with Gasteiger partial charge in [-0.1, -0.05) is 18.2 Å². The summed E-state index contributed by atoms with van der Waals surface area (Å²) in [4.78, 5) is 17.4. The molecule has 1 spiro atoms. The summed E-state index contributed by atoms with van der Waals surface area (Å²) < 4.78 is 19.6. The van der Waals surface area contributed by atoms with E-state index in [0.29, 0.717) is 13.3 Å². The van der Waals surface area contributed by atoms with Gasteiger partial charge in [0.15, 0.2) is 0 Å². The lowest BCUT2D eigenvalue weighted by Crippen LogP contribution is -2.57. The summed E-state index contributed by atoms with van der Waals surface area (Å²) in [6.45, 7) is 2.80. The zero-order valence-electron chi connectivity index (χ0n) is 16.1. The van der Waals surface area contributed by atoms with Crippen molar-refractivity contribution >= 4 is 24.0 Å². The van der Waals surface area contributed by atoms with Crippen molar-refractivity contribution in [1.29, 1.82) is 0 Å². The van der Waals surface area contributed by atoms with Gasteiger partial charge in [0.25, 0.3) is 0 Å². The van der Waals surface area contributed by atoms with Crippen molar-refractivity contribution in [2.75, 3.05) is 31.3 Å². The maximum absolute atomic E-state index is 13.8. The van der Waals surface area contributed by atoms with E-state index in [9.17, 15) is 9.18 Å². The van der Waals surface area contributed by atoms with Crippen LogP contribution in [0.1, 0.15) is 30.9 Å². The molecule has 7 heteroatoms. The van der Waals surface area contributed by atoms with E-state index in [1.165, 1.54) is 6.07 Å². The Morgan fingerprint density at radius 3 is 2.62 bits per heavy atom. The highest BCUT2D eigenvalue weighted by Gasteiger charge is 2.51. The smallest absolute Gasteiger partial charge is 0.247 e. The summed E-state index contributed by atoms with van der Waals surface area (Å²) in [6, 6.07) is 15.1. The van der Waals surface area contributed by atoms with Crippen LogP contribution in [0.4, 0.5) is 10.1 Å². The number of likely N-dealkylation sites (tertiary alicyclic amines) is 1. The minimum absolute atomic E-state index is 0. The number of para-hydroxylation sites is 1. The first-order valence-electron chi connectivity index (χ1n) is 9.95. The fraction of sp³-hybridized carbons (Fsp3) is 0.409. The summed E-state index contributed by atoms with van der Waals surface area (Å²) in [7, 11) is 0. The monoisotopic (exact) mass is 417 g/mol. The van der Waals surface area contributed by atoms with Gasteiger partial charge in [-0.25, -0.2) is 4.39 Å². The third kappa shape index (κ3) is 3.34. The Kier molecular flexibility index (Phi) is 5.40. The van der Waals surface area contributed by atoms with Crippen LogP contribution >= 0.6 is 12.4 Å². The molecule has 1 N–H and O–H groups in total. The van der Waals surface area contributed by atoms with E-state index >= 15 is 0 Å². The van der Waals surface area contributed by atoms with Gasteiger partial charge in [-0.05, 0) is 43.2 Å². The number of halogens is 2. The molecule has 2 fully saturated rings. The molecule has 5 nitrogen and oxygen atoms in total. The number of hydrogen-bond acceptors (Lipinski definition) is 4. The number of carbonyl (C=O) groups excluding carboxylic acids is 1. The average molecular weight is 418 g/mol. The van der Waals surface area contributed by atoms with Gasteiger partial charge < -0.3 is 15.0 Å². The Morgan fingerprint density at radius 1 is 1.10 bits per heavy atom. The van der Waals surface area contributed by atoms with E-state index in [1.54, 1.807) is 12.1 Å². The molecule has 0 saturated carbocycles. The van der Waals surface area contributed by atoms with E-state index in [4.69, 9.17) is 4.74 Å². The van der Waals surface area contributed by atoms with Gasteiger partial charge in [-0.2, -0.15) is 0 Å². The molecule has 0 aromatic heterocycles. The van der Waals surface area contributed by atoms with Gasteiger partial charge in [0, 0.05) is 36.8 Å². The highest BCUT2D eigenvalue weighted by molar-refractivity contribution is 5.93. The number of piperidine rings is 1. The number of nitrogens with zero attached hydrogens (tertiary/aromatic N) is 2. The quantitative estimate of drug-likeness (QED) is 0.812. The maximum atomic E-state index is 13.8. The van der Waals surface area contributed by atoms with E-state index in [0.717, 1.165) is 49.4 Å². The van der Waals surface area contributed by atoms with E-state index in [1.807, 2.05) is 18.2 Å². The Morgan fingerprint density at radius 2 is 1.86 bits per heavy atom. The Labute approximate surface area is 176 Å². The molecular weight excluding hydrogens is 393 g/mol. The van der Waals surface area contributed by atoms with Crippen LogP contribution in [0.5, 0.6) is 5.75 Å². The van der Waals surface area contributed by atoms with E-state index in [-0.39, 0.29) is 30.2 Å². The maximum Gasteiger partial charge on any atom is 0.247 e. The van der Waals surface area contributed by atoms with E-state index < -0.39 is 5.54 Å². The summed E-state index contributed by atoms with van der Waals surface area (Å²) in [5, 5.41) is 3.05. The van der Waals surface area contributed by atoms with Gasteiger partial charge in [-0.3, -0.25) is 9.69 Å². The molecule has 29 heavy (non-hydrogen) atoms. The minimum atomic E-state index is -0.492. The highest BCUT2D eigenvalue weighted by atomic mass is 35.5. The van der Waals surface area contributed by atoms with Gasteiger partial charge >= 0.3 is 0 Å². The molecule has 1 amide bonds. The lowest BCUT2D eigenvalue weighted by atomic mass is 9.84. The second kappa shape index (κ2) is 7.84. The molecule has 0 bridgehead atoms. The molecule has 0 aliphatic carbocycles. The van der Waals surface area contributed by atoms with Crippen molar-refractivity contribution in [3.05, 3.63) is 59.9 Å². The van der Waals surface area contributed by atoms with Crippen molar-refractivity contribution in [2.45, 2.75) is 30.8 Å². The lowest BCUT2D eigenvalue weighted by Gasteiger charge is -2.46. The van der Waals surface area contributed by atoms with Gasteiger partial charge in [0.2, 0.25) is 5.91 Å².